The van der Waals surface area contributed by atoms with Gasteiger partial charge in [0.1, 0.15) is 11.3 Å². The lowest BCUT2D eigenvalue weighted by Crippen LogP contribution is -2.04. The molecule has 66 valence electrons. The van der Waals surface area contributed by atoms with Crippen molar-refractivity contribution < 1.29 is 5.11 Å². The maximum Gasteiger partial charge on any atom is 0.114 e. The maximum absolute atomic E-state index is 9.68. The molecule has 0 bridgehead atoms. The summed E-state index contributed by atoms with van der Waals surface area (Å²) in [6.45, 7) is 4.07. The van der Waals surface area contributed by atoms with Crippen LogP contribution in [0.4, 0.5) is 0 Å². The van der Waals surface area contributed by atoms with Crippen LogP contribution in [0.2, 0.25) is 0 Å². The molecule has 1 aliphatic rings. The molecule has 0 atom stereocenters. The zero-order valence-corrected chi connectivity index (χ0v) is 7.36. The number of hydrogen-bond acceptors (Lipinski definition) is 3. The van der Waals surface area contributed by atoms with Gasteiger partial charge in [-0.25, -0.2) is 4.68 Å². The Balaban J connectivity index is 2.25. The molecule has 0 radical (unpaired) electrons. The Hall–Kier alpha value is -0.900. The smallest absolute Gasteiger partial charge is 0.114 e. The highest BCUT2D eigenvalue weighted by atomic mass is 16.3. The van der Waals surface area contributed by atoms with E-state index in [1.807, 2.05) is 20.0 Å². The number of rotatable bonds is 2. The van der Waals surface area contributed by atoms with Crippen molar-refractivity contribution in [2.75, 3.05) is 0 Å². The third-order valence-electron chi connectivity index (χ3n) is 2.24. The summed E-state index contributed by atoms with van der Waals surface area (Å²) in [7, 11) is 0. The fourth-order valence-corrected chi connectivity index (χ4v) is 1.12. The van der Waals surface area contributed by atoms with Crippen LogP contribution < -0.4 is 0 Å². The number of aromatic nitrogens is 3. The van der Waals surface area contributed by atoms with E-state index < -0.39 is 5.60 Å². The van der Waals surface area contributed by atoms with Crippen molar-refractivity contribution in [2.45, 2.75) is 38.3 Å². The summed E-state index contributed by atoms with van der Waals surface area (Å²) in [6.07, 6.45) is 3.48. The third kappa shape index (κ3) is 1.12. The van der Waals surface area contributed by atoms with Gasteiger partial charge in [-0.2, -0.15) is 0 Å². The van der Waals surface area contributed by atoms with E-state index in [9.17, 15) is 5.11 Å². The summed E-state index contributed by atoms with van der Waals surface area (Å²) in [5, 5.41) is 17.5. The lowest BCUT2D eigenvalue weighted by Gasteiger charge is -2.02. The molecule has 1 heterocycles. The number of hydrogen-bond donors (Lipinski definition) is 1. The van der Waals surface area contributed by atoms with Crippen LogP contribution in [0.25, 0.3) is 0 Å². The van der Waals surface area contributed by atoms with Crippen molar-refractivity contribution in [2.24, 2.45) is 0 Å². The normalized spacial score (nSPS) is 20.0. The molecule has 4 heteroatoms. The first kappa shape index (κ1) is 7.73. The molecule has 0 spiro atoms. The SMILES string of the molecule is CC(C)n1cc(C2(O)CC2)nn1. The Bertz CT molecular complexity index is 288. The average Bonchev–Trinajstić information content (AvgIpc) is 2.61. The van der Waals surface area contributed by atoms with Crippen LogP contribution in [0, 0.1) is 0 Å². The molecule has 0 aliphatic heterocycles. The van der Waals surface area contributed by atoms with E-state index in [1.54, 1.807) is 4.68 Å². The van der Waals surface area contributed by atoms with Gasteiger partial charge in [-0.15, -0.1) is 5.10 Å². The Kier molecular flexibility index (Phi) is 1.48. The summed E-state index contributed by atoms with van der Waals surface area (Å²) < 4.78 is 1.77. The first-order chi connectivity index (χ1) is 5.62. The Morgan fingerprint density at radius 1 is 1.58 bits per heavy atom. The number of nitrogens with zero attached hydrogens (tertiary/aromatic N) is 3. The van der Waals surface area contributed by atoms with E-state index in [0.717, 1.165) is 18.5 Å². The van der Waals surface area contributed by atoms with Crippen molar-refractivity contribution in [3.05, 3.63) is 11.9 Å². The Labute approximate surface area is 71.2 Å². The minimum Gasteiger partial charge on any atom is -0.383 e. The summed E-state index contributed by atoms with van der Waals surface area (Å²) in [4.78, 5) is 0. The zero-order valence-electron chi connectivity index (χ0n) is 7.36. The van der Waals surface area contributed by atoms with Crippen molar-refractivity contribution >= 4 is 0 Å². The Morgan fingerprint density at radius 2 is 2.25 bits per heavy atom. The third-order valence-corrected chi connectivity index (χ3v) is 2.24. The van der Waals surface area contributed by atoms with Crippen LogP contribution in [0.1, 0.15) is 38.4 Å². The first-order valence-electron chi connectivity index (χ1n) is 4.26. The molecule has 0 amide bonds. The van der Waals surface area contributed by atoms with Crippen LogP contribution in [-0.2, 0) is 5.60 Å². The predicted octanol–water partition coefficient (Wildman–Crippen LogP) is 0.840. The van der Waals surface area contributed by atoms with E-state index >= 15 is 0 Å². The second kappa shape index (κ2) is 2.29. The highest BCUT2D eigenvalue weighted by Crippen LogP contribution is 2.44. The molecule has 0 unspecified atom stereocenters. The molecule has 1 aromatic rings. The van der Waals surface area contributed by atoms with Gasteiger partial charge in [0.2, 0.25) is 0 Å². The van der Waals surface area contributed by atoms with Crippen LogP contribution in [0.5, 0.6) is 0 Å². The standard InChI is InChI=1S/C8H13N3O/c1-6(2)11-5-7(9-10-11)8(12)3-4-8/h5-6,12H,3-4H2,1-2H3. The fourth-order valence-electron chi connectivity index (χ4n) is 1.12. The van der Waals surface area contributed by atoms with Crippen molar-refractivity contribution in [1.29, 1.82) is 0 Å². The second-order valence-electron chi connectivity index (χ2n) is 3.71. The summed E-state index contributed by atoms with van der Waals surface area (Å²) in [5.41, 5.74) is 0.0730. The van der Waals surface area contributed by atoms with Gasteiger partial charge in [-0.1, -0.05) is 5.21 Å². The quantitative estimate of drug-likeness (QED) is 0.710. The molecule has 1 fully saturated rings. The topological polar surface area (TPSA) is 50.9 Å². The van der Waals surface area contributed by atoms with Gasteiger partial charge >= 0.3 is 0 Å². The number of aliphatic hydroxyl groups is 1. The van der Waals surface area contributed by atoms with E-state index in [-0.39, 0.29) is 0 Å². The van der Waals surface area contributed by atoms with Crippen LogP contribution in [0.3, 0.4) is 0 Å². The highest BCUT2D eigenvalue weighted by Gasteiger charge is 2.44. The summed E-state index contributed by atoms with van der Waals surface area (Å²) in [6, 6.07) is 0.314. The minimum absolute atomic E-state index is 0.314. The molecule has 0 saturated heterocycles. The van der Waals surface area contributed by atoms with Gasteiger partial charge in [0.05, 0.1) is 6.20 Å². The van der Waals surface area contributed by atoms with Gasteiger partial charge < -0.3 is 5.11 Å². The molecular weight excluding hydrogens is 154 g/mol. The van der Waals surface area contributed by atoms with Gasteiger partial charge in [0.15, 0.2) is 0 Å². The van der Waals surface area contributed by atoms with Gasteiger partial charge in [-0.3, -0.25) is 0 Å². The largest absolute Gasteiger partial charge is 0.383 e. The van der Waals surface area contributed by atoms with E-state index in [0.29, 0.717) is 6.04 Å². The molecule has 4 nitrogen and oxygen atoms in total. The fraction of sp³-hybridized carbons (Fsp3) is 0.750. The predicted molar refractivity (Wildman–Crippen MR) is 43.5 cm³/mol. The van der Waals surface area contributed by atoms with Crippen molar-refractivity contribution in [3.8, 4) is 0 Å². The van der Waals surface area contributed by atoms with Gasteiger partial charge in [0.25, 0.3) is 0 Å². The minimum atomic E-state index is -0.646. The van der Waals surface area contributed by atoms with Crippen LogP contribution in [0.15, 0.2) is 6.20 Å². The van der Waals surface area contributed by atoms with E-state index in [1.165, 1.54) is 0 Å². The van der Waals surface area contributed by atoms with Crippen LogP contribution in [-0.4, -0.2) is 20.1 Å². The lowest BCUT2D eigenvalue weighted by molar-refractivity contribution is 0.146. The molecule has 2 rings (SSSR count). The first-order valence-corrected chi connectivity index (χ1v) is 4.26. The molecule has 1 aliphatic carbocycles. The average molecular weight is 167 g/mol. The Morgan fingerprint density at radius 3 is 2.67 bits per heavy atom. The summed E-state index contributed by atoms with van der Waals surface area (Å²) in [5.74, 6) is 0. The van der Waals surface area contributed by atoms with Gasteiger partial charge in [0, 0.05) is 6.04 Å². The molecular formula is C8H13N3O. The van der Waals surface area contributed by atoms with E-state index in [2.05, 4.69) is 10.3 Å². The van der Waals surface area contributed by atoms with Crippen molar-refractivity contribution in [3.63, 3.8) is 0 Å². The zero-order chi connectivity index (χ0) is 8.77. The molecule has 12 heavy (non-hydrogen) atoms. The van der Waals surface area contributed by atoms with Crippen molar-refractivity contribution in [1.82, 2.24) is 15.0 Å². The molecule has 1 aromatic heterocycles. The summed E-state index contributed by atoms with van der Waals surface area (Å²) >= 11 is 0. The van der Waals surface area contributed by atoms with Gasteiger partial charge in [-0.05, 0) is 26.7 Å². The lowest BCUT2D eigenvalue weighted by atomic mass is 10.2. The van der Waals surface area contributed by atoms with Crippen LogP contribution >= 0.6 is 0 Å². The molecule has 1 saturated carbocycles. The molecule has 0 aromatic carbocycles. The monoisotopic (exact) mass is 167 g/mol. The van der Waals surface area contributed by atoms with E-state index in [4.69, 9.17) is 0 Å². The second-order valence-corrected chi connectivity index (χ2v) is 3.71. The maximum atomic E-state index is 9.68. The molecule has 1 N–H and O–H groups in total. The highest BCUT2D eigenvalue weighted by molar-refractivity contribution is 5.14.